The summed E-state index contributed by atoms with van der Waals surface area (Å²) in [5.74, 6) is -0.436. The Morgan fingerprint density at radius 3 is 2.87 bits per heavy atom. The first kappa shape index (κ1) is 17.3. The van der Waals surface area contributed by atoms with Gasteiger partial charge in [-0.15, -0.1) is 6.58 Å². The molecule has 0 spiro atoms. The van der Waals surface area contributed by atoms with Gasteiger partial charge >= 0.3 is 5.97 Å². The van der Waals surface area contributed by atoms with Gasteiger partial charge in [-0.2, -0.15) is 0 Å². The number of nitrogens with zero attached hydrogens (tertiary/aromatic N) is 1. The average molecular weight is 334 g/mol. The second-order valence-electron chi connectivity index (χ2n) is 5.39. The summed E-state index contributed by atoms with van der Waals surface area (Å²) in [6.07, 6.45) is 6.57. The monoisotopic (exact) mass is 333 g/mol. The molecule has 1 fully saturated rings. The smallest absolute Gasteiger partial charge is 0.330 e. The largest absolute Gasteiger partial charge is 0.466 e. The Hall–Kier alpha value is -2.07. The van der Waals surface area contributed by atoms with Crippen LogP contribution >= 0.6 is 11.6 Å². The first-order chi connectivity index (χ1) is 11.1. The summed E-state index contributed by atoms with van der Waals surface area (Å²) in [5.41, 5.74) is 1.00. The maximum Gasteiger partial charge on any atom is 0.330 e. The number of hydrogen-bond donors (Lipinski definition) is 0. The van der Waals surface area contributed by atoms with Crippen LogP contribution in [0.15, 0.2) is 49.1 Å². The molecule has 0 unspecified atom stereocenters. The third kappa shape index (κ3) is 4.23. The molecule has 1 aliphatic heterocycles. The summed E-state index contributed by atoms with van der Waals surface area (Å²) in [5, 5.41) is 0.646. The fourth-order valence-corrected chi connectivity index (χ4v) is 3.11. The van der Waals surface area contributed by atoms with E-state index in [1.54, 1.807) is 12.2 Å². The molecule has 23 heavy (non-hydrogen) atoms. The second-order valence-corrected chi connectivity index (χ2v) is 5.83. The van der Waals surface area contributed by atoms with Crippen LogP contribution in [0.4, 0.5) is 0 Å². The number of hydrogen-bond acceptors (Lipinski definition) is 3. The quantitative estimate of drug-likeness (QED) is 0.469. The molecule has 4 nitrogen and oxygen atoms in total. The highest BCUT2D eigenvalue weighted by Crippen LogP contribution is 2.38. The van der Waals surface area contributed by atoms with Crippen LogP contribution in [0.2, 0.25) is 5.02 Å². The van der Waals surface area contributed by atoms with Gasteiger partial charge in [0.15, 0.2) is 0 Å². The van der Waals surface area contributed by atoms with Crippen molar-refractivity contribution in [2.24, 2.45) is 0 Å². The molecule has 2 rings (SSSR count). The highest BCUT2D eigenvalue weighted by Gasteiger charge is 2.35. The number of amides is 1. The van der Waals surface area contributed by atoms with E-state index in [1.165, 1.54) is 13.2 Å². The minimum absolute atomic E-state index is 0.0120. The lowest BCUT2D eigenvalue weighted by Crippen LogP contribution is -2.36. The van der Waals surface area contributed by atoms with Crippen LogP contribution in [-0.2, 0) is 14.3 Å². The van der Waals surface area contributed by atoms with Gasteiger partial charge in [-0.1, -0.05) is 35.9 Å². The molecule has 0 saturated carbocycles. The summed E-state index contributed by atoms with van der Waals surface area (Å²) in [4.78, 5) is 25.6. The van der Waals surface area contributed by atoms with E-state index in [-0.39, 0.29) is 24.4 Å². The topological polar surface area (TPSA) is 46.6 Å². The fourth-order valence-electron chi connectivity index (χ4n) is 2.91. The third-order valence-corrected chi connectivity index (χ3v) is 4.16. The number of esters is 1. The number of carbonyl (C=O) groups is 2. The molecule has 1 saturated heterocycles. The zero-order valence-corrected chi connectivity index (χ0v) is 13.8. The summed E-state index contributed by atoms with van der Waals surface area (Å²) >= 11 is 6.07. The molecule has 0 N–H and O–H groups in total. The third-order valence-electron chi connectivity index (χ3n) is 3.92. The predicted molar refractivity (Wildman–Crippen MR) is 90.0 cm³/mol. The van der Waals surface area contributed by atoms with Crippen molar-refractivity contribution in [3.8, 4) is 0 Å². The van der Waals surface area contributed by atoms with Gasteiger partial charge in [0.25, 0.3) is 0 Å². The van der Waals surface area contributed by atoms with Crippen molar-refractivity contribution in [3.63, 3.8) is 0 Å². The molecule has 0 aromatic heterocycles. The molecule has 1 aliphatic rings. The Morgan fingerprint density at radius 1 is 1.43 bits per heavy atom. The molecular formula is C18H20ClNO3. The van der Waals surface area contributed by atoms with E-state index in [9.17, 15) is 9.59 Å². The Morgan fingerprint density at radius 2 is 2.22 bits per heavy atom. The van der Waals surface area contributed by atoms with E-state index in [2.05, 4.69) is 11.3 Å². The van der Waals surface area contributed by atoms with E-state index in [1.807, 2.05) is 29.2 Å². The molecule has 5 heteroatoms. The molecule has 122 valence electrons. The Kier molecular flexibility index (Phi) is 5.99. The molecule has 1 amide bonds. The Labute approximate surface area is 141 Å². The van der Waals surface area contributed by atoms with Crippen LogP contribution in [0.1, 0.15) is 30.9 Å². The SMILES string of the molecule is C=CCC(=O)N1[C@@H](/C=C/C(=O)OC)CC[C@H]1c1cccc(Cl)c1. The van der Waals surface area contributed by atoms with Gasteiger partial charge in [0, 0.05) is 17.5 Å². The normalized spacial score (nSPS) is 20.7. The van der Waals surface area contributed by atoms with E-state index in [0.29, 0.717) is 5.02 Å². The summed E-state index contributed by atoms with van der Waals surface area (Å²) in [6, 6.07) is 7.36. The van der Waals surface area contributed by atoms with Gasteiger partial charge in [0.2, 0.25) is 5.91 Å². The van der Waals surface area contributed by atoms with Crippen LogP contribution in [0, 0.1) is 0 Å². The highest BCUT2D eigenvalue weighted by molar-refractivity contribution is 6.30. The van der Waals surface area contributed by atoms with E-state index in [0.717, 1.165) is 18.4 Å². The standard InChI is InChI=1S/C18H20ClNO3/c1-3-5-17(21)20-15(9-11-18(22)23-2)8-10-16(20)13-6-4-7-14(19)12-13/h3-4,6-7,9,11-12,15-16H,1,5,8,10H2,2H3/b11-9+/t15-,16+/m1/s1. The van der Waals surface area contributed by atoms with Gasteiger partial charge in [0.05, 0.1) is 19.2 Å². The molecule has 1 heterocycles. The lowest BCUT2D eigenvalue weighted by atomic mass is 10.0. The van der Waals surface area contributed by atoms with E-state index >= 15 is 0 Å². The van der Waals surface area contributed by atoms with Gasteiger partial charge < -0.3 is 9.64 Å². The van der Waals surface area contributed by atoms with E-state index in [4.69, 9.17) is 11.6 Å². The lowest BCUT2D eigenvalue weighted by Gasteiger charge is -2.29. The molecule has 0 aliphatic carbocycles. The zero-order valence-electron chi connectivity index (χ0n) is 13.1. The lowest BCUT2D eigenvalue weighted by molar-refractivity contribution is -0.135. The maximum absolute atomic E-state index is 12.5. The predicted octanol–water partition coefficient (Wildman–Crippen LogP) is 3.68. The zero-order chi connectivity index (χ0) is 16.8. The summed E-state index contributed by atoms with van der Waals surface area (Å²) in [7, 11) is 1.33. The number of carbonyl (C=O) groups excluding carboxylic acids is 2. The second kappa shape index (κ2) is 7.97. The van der Waals surface area contributed by atoms with Crippen LogP contribution in [0.5, 0.6) is 0 Å². The van der Waals surface area contributed by atoms with Crippen LogP contribution in [0.25, 0.3) is 0 Å². The maximum atomic E-state index is 12.5. The van der Waals surface area contributed by atoms with Crippen LogP contribution in [0.3, 0.4) is 0 Å². The molecule has 1 aromatic carbocycles. The van der Waals surface area contributed by atoms with Crippen molar-refractivity contribution in [3.05, 3.63) is 59.7 Å². The van der Waals surface area contributed by atoms with Crippen molar-refractivity contribution < 1.29 is 14.3 Å². The summed E-state index contributed by atoms with van der Waals surface area (Å²) in [6.45, 7) is 3.64. The molecule has 2 atom stereocenters. The van der Waals surface area contributed by atoms with Gasteiger partial charge in [0.1, 0.15) is 0 Å². The number of ether oxygens (including phenoxy) is 1. The van der Waals surface area contributed by atoms with Crippen LogP contribution in [-0.4, -0.2) is 29.9 Å². The average Bonchev–Trinajstić information content (AvgIpc) is 2.96. The number of rotatable bonds is 5. The molecule has 0 radical (unpaired) electrons. The highest BCUT2D eigenvalue weighted by atomic mass is 35.5. The minimum atomic E-state index is -0.424. The molecular weight excluding hydrogens is 314 g/mol. The fraction of sp³-hybridized carbons (Fsp3) is 0.333. The van der Waals surface area contributed by atoms with Crippen molar-refractivity contribution in [2.45, 2.75) is 31.3 Å². The van der Waals surface area contributed by atoms with Crippen molar-refractivity contribution in [1.82, 2.24) is 4.90 Å². The molecule has 0 bridgehead atoms. The first-order valence-corrected chi connectivity index (χ1v) is 7.88. The Bertz CT molecular complexity index is 626. The van der Waals surface area contributed by atoms with Crippen molar-refractivity contribution in [2.75, 3.05) is 7.11 Å². The van der Waals surface area contributed by atoms with Gasteiger partial charge in [-0.3, -0.25) is 4.79 Å². The van der Waals surface area contributed by atoms with Gasteiger partial charge in [-0.05, 0) is 30.5 Å². The number of methoxy groups -OCH3 is 1. The minimum Gasteiger partial charge on any atom is -0.466 e. The first-order valence-electron chi connectivity index (χ1n) is 7.50. The van der Waals surface area contributed by atoms with Crippen LogP contribution < -0.4 is 0 Å². The van der Waals surface area contributed by atoms with Gasteiger partial charge in [-0.25, -0.2) is 4.79 Å². The summed E-state index contributed by atoms with van der Waals surface area (Å²) < 4.78 is 4.62. The van der Waals surface area contributed by atoms with E-state index < -0.39 is 5.97 Å². The van der Waals surface area contributed by atoms with Crippen molar-refractivity contribution in [1.29, 1.82) is 0 Å². The number of benzene rings is 1. The number of halogens is 1. The Balaban J connectivity index is 2.28. The molecule has 1 aromatic rings. The number of likely N-dealkylation sites (tertiary alicyclic amines) is 1. The van der Waals surface area contributed by atoms with Crippen molar-refractivity contribution >= 4 is 23.5 Å².